The summed E-state index contributed by atoms with van der Waals surface area (Å²) in [6.07, 6.45) is 5.61. The summed E-state index contributed by atoms with van der Waals surface area (Å²) in [5.74, 6) is 1.56. The van der Waals surface area contributed by atoms with Crippen LogP contribution in [0.5, 0.6) is 5.75 Å². The number of benzene rings is 1. The van der Waals surface area contributed by atoms with E-state index in [0.717, 1.165) is 37.5 Å². The van der Waals surface area contributed by atoms with E-state index in [-0.39, 0.29) is 5.97 Å². The third-order valence-corrected chi connectivity index (χ3v) is 3.27. The molecule has 1 aliphatic rings. The Labute approximate surface area is 114 Å². The molecule has 0 N–H and O–H groups in total. The number of unbranched alkanes of at least 4 members (excludes halogenated alkanes) is 1. The normalized spacial score (nSPS) is 14.2. The monoisotopic (exact) mass is 262 g/mol. The lowest BCUT2D eigenvalue weighted by Gasteiger charge is -2.06. The molecule has 0 amide bonds. The molecule has 0 atom stereocenters. The summed E-state index contributed by atoms with van der Waals surface area (Å²) < 4.78 is 10.6. The Hall–Kier alpha value is -1.51. The molecular formula is C16H22O3. The largest absolute Gasteiger partial charge is 0.493 e. The molecule has 1 aromatic carbocycles. The predicted octanol–water partition coefficient (Wildman–Crippen LogP) is 3.36. The highest BCUT2D eigenvalue weighted by Gasteiger charge is 2.21. The molecule has 1 aromatic rings. The fraction of sp³-hybridized carbons (Fsp3) is 0.562. The standard InChI is InChI=1S/C16H22O3/c1-13(17)18-11-3-2-4-14-7-9-16(10-8-14)19-12-15-5-6-15/h7-10,15H,2-6,11-12H2,1H3. The first kappa shape index (κ1) is 13.9. The van der Waals surface area contributed by atoms with Gasteiger partial charge in [-0.25, -0.2) is 0 Å². The lowest BCUT2D eigenvalue weighted by Crippen LogP contribution is -2.01. The molecule has 0 saturated heterocycles. The molecule has 1 aliphatic carbocycles. The smallest absolute Gasteiger partial charge is 0.302 e. The third-order valence-electron chi connectivity index (χ3n) is 3.27. The van der Waals surface area contributed by atoms with E-state index in [1.165, 1.54) is 25.3 Å². The first-order valence-corrected chi connectivity index (χ1v) is 7.09. The van der Waals surface area contributed by atoms with Crippen molar-refractivity contribution in [1.29, 1.82) is 0 Å². The molecule has 2 rings (SSSR count). The third kappa shape index (κ3) is 5.77. The second-order valence-electron chi connectivity index (χ2n) is 5.20. The Morgan fingerprint density at radius 3 is 2.58 bits per heavy atom. The number of carbonyl (C=O) groups excluding carboxylic acids is 1. The fourth-order valence-electron chi connectivity index (χ4n) is 1.90. The van der Waals surface area contributed by atoms with Crippen LogP contribution in [0, 0.1) is 5.92 Å². The molecule has 3 heteroatoms. The van der Waals surface area contributed by atoms with Gasteiger partial charge >= 0.3 is 5.97 Å². The zero-order valence-corrected chi connectivity index (χ0v) is 11.6. The van der Waals surface area contributed by atoms with Gasteiger partial charge in [-0.2, -0.15) is 0 Å². The van der Waals surface area contributed by atoms with Crippen LogP contribution in [0.15, 0.2) is 24.3 Å². The number of hydrogen-bond acceptors (Lipinski definition) is 3. The Balaban J connectivity index is 1.62. The molecule has 3 nitrogen and oxygen atoms in total. The van der Waals surface area contributed by atoms with Gasteiger partial charge in [-0.15, -0.1) is 0 Å². The summed E-state index contributed by atoms with van der Waals surface area (Å²) >= 11 is 0. The van der Waals surface area contributed by atoms with Crippen LogP contribution in [-0.4, -0.2) is 19.2 Å². The Kier molecular flexibility index (Phi) is 5.25. The van der Waals surface area contributed by atoms with Gasteiger partial charge in [0, 0.05) is 6.92 Å². The summed E-state index contributed by atoms with van der Waals surface area (Å²) in [6.45, 7) is 2.83. The molecule has 0 aromatic heterocycles. The molecule has 1 saturated carbocycles. The van der Waals surface area contributed by atoms with Gasteiger partial charge in [-0.05, 0) is 55.7 Å². The van der Waals surface area contributed by atoms with Crippen LogP contribution in [0.2, 0.25) is 0 Å². The average Bonchev–Trinajstić information content (AvgIpc) is 3.21. The van der Waals surface area contributed by atoms with Gasteiger partial charge in [0.25, 0.3) is 0 Å². The van der Waals surface area contributed by atoms with Crippen LogP contribution in [0.3, 0.4) is 0 Å². The number of aryl methyl sites for hydroxylation is 1. The van der Waals surface area contributed by atoms with Crippen molar-refractivity contribution in [3.05, 3.63) is 29.8 Å². The van der Waals surface area contributed by atoms with Gasteiger partial charge in [0.1, 0.15) is 5.75 Å². The minimum Gasteiger partial charge on any atom is -0.493 e. The maximum absolute atomic E-state index is 10.6. The summed E-state index contributed by atoms with van der Waals surface area (Å²) in [6, 6.07) is 8.33. The lowest BCUT2D eigenvalue weighted by atomic mass is 10.1. The summed E-state index contributed by atoms with van der Waals surface area (Å²) in [5, 5.41) is 0. The van der Waals surface area contributed by atoms with Gasteiger partial charge in [-0.1, -0.05) is 12.1 Å². The maximum atomic E-state index is 10.6. The average molecular weight is 262 g/mol. The van der Waals surface area contributed by atoms with E-state index in [0.29, 0.717) is 6.61 Å². The van der Waals surface area contributed by atoms with E-state index in [1.807, 2.05) is 12.1 Å². The zero-order valence-electron chi connectivity index (χ0n) is 11.6. The van der Waals surface area contributed by atoms with E-state index in [4.69, 9.17) is 9.47 Å². The Bertz CT molecular complexity index is 393. The van der Waals surface area contributed by atoms with Crippen LogP contribution in [0.4, 0.5) is 0 Å². The van der Waals surface area contributed by atoms with Crippen molar-refractivity contribution in [2.45, 2.75) is 39.0 Å². The molecule has 0 bridgehead atoms. The van der Waals surface area contributed by atoms with Crippen molar-refractivity contribution >= 4 is 5.97 Å². The summed E-state index contributed by atoms with van der Waals surface area (Å²) in [4.78, 5) is 10.6. The molecule has 19 heavy (non-hydrogen) atoms. The number of rotatable bonds is 8. The molecule has 0 unspecified atom stereocenters. The van der Waals surface area contributed by atoms with Crippen LogP contribution >= 0.6 is 0 Å². The first-order chi connectivity index (χ1) is 9.24. The lowest BCUT2D eigenvalue weighted by molar-refractivity contribution is -0.141. The Morgan fingerprint density at radius 1 is 1.21 bits per heavy atom. The van der Waals surface area contributed by atoms with Crippen molar-refractivity contribution in [2.24, 2.45) is 5.92 Å². The van der Waals surface area contributed by atoms with Crippen LogP contribution in [0.1, 0.15) is 38.2 Å². The molecular weight excluding hydrogens is 240 g/mol. The topological polar surface area (TPSA) is 35.5 Å². The van der Waals surface area contributed by atoms with Crippen molar-refractivity contribution in [3.8, 4) is 5.75 Å². The van der Waals surface area contributed by atoms with Gasteiger partial charge in [-0.3, -0.25) is 4.79 Å². The Morgan fingerprint density at radius 2 is 1.95 bits per heavy atom. The van der Waals surface area contributed by atoms with E-state index in [2.05, 4.69) is 12.1 Å². The van der Waals surface area contributed by atoms with Crippen molar-refractivity contribution in [3.63, 3.8) is 0 Å². The van der Waals surface area contributed by atoms with Crippen molar-refractivity contribution < 1.29 is 14.3 Å². The highest BCUT2D eigenvalue weighted by molar-refractivity contribution is 5.65. The van der Waals surface area contributed by atoms with E-state index < -0.39 is 0 Å². The van der Waals surface area contributed by atoms with E-state index in [9.17, 15) is 4.79 Å². The fourth-order valence-corrected chi connectivity index (χ4v) is 1.90. The zero-order chi connectivity index (χ0) is 13.5. The van der Waals surface area contributed by atoms with E-state index >= 15 is 0 Å². The highest BCUT2D eigenvalue weighted by atomic mass is 16.5. The SMILES string of the molecule is CC(=O)OCCCCc1ccc(OCC2CC2)cc1. The van der Waals surface area contributed by atoms with Crippen molar-refractivity contribution in [2.75, 3.05) is 13.2 Å². The van der Waals surface area contributed by atoms with Gasteiger partial charge in [0.05, 0.1) is 13.2 Å². The van der Waals surface area contributed by atoms with E-state index in [1.54, 1.807) is 0 Å². The second kappa shape index (κ2) is 7.17. The summed E-state index contributed by atoms with van der Waals surface area (Å²) in [7, 11) is 0. The van der Waals surface area contributed by atoms with Crippen molar-refractivity contribution in [1.82, 2.24) is 0 Å². The number of hydrogen-bond donors (Lipinski definition) is 0. The first-order valence-electron chi connectivity index (χ1n) is 7.09. The molecule has 104 valence electrons. The minimum absolute atomic E-state index is 0.197. The minimum atomic E-state index is -0.197. The predicted molar refractivity (Wildman–Crippen MR) is 74.2 cm³/mol. The number of esters is 1. The number of carbonyl (C=O) groups is 1. The summed E-state index contributed by atoms with van der Waals surface area (Å²) in [5.41, 5.74) is 1.31. The number of ether oxygens (including phenoxy) is 2. The van der Waals surface area contributed by atoms with Gasteiger partial charge < -0.3 is 9.47 Å². The molecule has 0 radical (unpaired) electrons. The quantitative estimate of drug-likeness (QED) is 0.532. The molecule has 1 fully saturated rings. The second-order valence-corrected chi connectivity index (χ2v) is 5.20. The van der Waals surface area contributed by atoms with Crippen LogP contribution in [0.25, 0.3) is 0 Å². The molecule has 0 spiro atoms. The molecule has 0 aliphatic heterocycles. The van der Waals surface area contributed by atoms with Crippen LogP contribution < -0.4 is 4.74 Å². The maximum Gasteiger partial charge on any atom is 0.302 e. The molecule has 0 heterocycles. The van der Waals surface area contributed by atoms with Gasteiger partial charge in [0.2, 0.25) is 0 Å². The van der Waals surface area contributed by atoms with Crippen LogP contribution in [-0.2, 0) is 16.0 Å². The van der Waals surface area contributed by atoms with Gasteiger partial charge in [0.15, 0.2) is 0 Å². The highest BCUT2D eigenvalue weighted by Crippen LogP contribution is 2.29.